The number of hydrogen-bond donors (Lipinski definition) is 15. The van der Waals surface area contributed by atoms with Crippen molar-refractivity contribution >= 4 is 77.1 Å². The molecule has 0 aromatic carbocycles. The summed E-state index contributed by atoms with van der Waals surface area (Å²) in [6.45, 7) is 9.53. The largest absolute Gasteiger partial charge is 0.481 e. The Morgan fingerprint density at radius 2 is 0.894 bits per heavy atom. The number of carboxylic acids is 4. The fraction of sp³-hybridized carbons (Fsp3) is 0.658. The maximum atomic E-state index is 13.8. The lowest BCUT2D eigenvalue weighted by molar-refractivity contribution is -0.147. The van der Waals surface area contributed by atoms with E-state index in [1.54, 1.807) is 13.8 Å². The Kier molecular flexibility index (Phi) is 25.5. The van der Waals surface area contributed by atoms with Crippen LogP contribution in [0.1, 0.15) is 80.6 Å². The van der Waals surface area contributed by atoms with Crippen molar-refractivity contribution in [1.29, 1.82) is 0 Å². The van der Waals surface area contributed by atoms with E-state index in [1.165, 1.54) is 27.7 Å². The first-order valence-corrected chi connectivity index (χ1v) is 20.6. The number of amides is 8. The zero-order chi connectivity index (χ0) is 51.2. The molecule has 8 atom stereocenters. The Bertz CT molecular complexity index is 1820. The average molecular weight is 945 g/mol. The molecule has 28 nitrogen and oxygen atoms in total. The lowest BCUT2D eigenvalue weighted by atomic mass is 10.00. The van der Waals surface area contributed by atoms with E-state index in [9.17, 15) is 67.7 Å². The van der Waals surface area contributed by atoms with Gasteiger partial charge in [0.2, 0.25) is 47.3 Å². The third-order valence-electron chi connectivity index (χ3n) is 9.25. The number of rotatable bonds is 30. The minimum Gasteiger partial charge on any atom is -0.481 e. The number of aliphatic imine (C=N–C) groups is 1. The third-order valence-corrected chi connectivity index (χ3v) is 9.25. The Labute approximate surface area is 379 Å². The molecular weight excluding hydrogens is 880 g/mol. The molecule has 0 spiro atoms. The van der Waals surface area contributed by atoms with E-state index in [-0.39, 0.29) is 25.3 Å². The minimum absolute atomic E-state index is 0.00410. The van der Waals surface area contributed by atoms with Crippen molar-refractivity contribution in [3.63, 3.8) is 0 Å². The maximum Gasteiger partial charge on any atom is 0.326 e. The lowest BCUT2D eigenvalue weighted by Crippen LogP contribution is -2.61. The van der Waals surface area contributed by atoms with Gasteiger partial charge in [0.1, 0.15) is 42.3 Å². The molecule has 0 radical (unpaired) electrons. The van der Waals surface area contributed by atoms with Crippen LogP contribution in [0.25, 0.3) is 0 Å². The first-order chi connectivity index (χ1) is 30.5. The Morgan fingerprint density at radius 1 is 0.485 bits per heavy atom. The summed E-state index contributed by atoms with van der Waals surface area (Å²) in [5, 5.41) is 55.1. The summed E-state index contributed by atoms with van der Waals surface area (Å²) in [5.74, 6) is -16.3. The number of carbonyl (C=O) groups excluding carboxylic acids is 8. The average Bonchev–Trinajstić information content (AvgIpc) is 3.18. The van der Waals surface area contributed by atoms with Gasteiger partial charge in [-0.05, 0) is 37.5 Å². The van der Waals surface area contributed by atoms with Gasteiger partial charge in [0.25, 0.3) is 0 Å². The van der Waals surface area contributed by atoms with Crippen molar-refractivity contribution < 1.29 is 78.0 Å². The molecule has 0 aliphatic rings. The smallest absolute Gasteiger partial charge is 0.326 e. The highest BCUT2D eigenvalue weighted by molar-refractivity contribution is 5.99. The number of carboxylic acid groups (broad SMARTS) is 4. The minimum atomic E-state index is -1.86. The zero-order valence-electron chi connectivity index (χ0n) is 37.7. The van der Waals surface area contributed by atoms with Crippen LogP contribution >= 0.6 is 0 Å². The summed E-state index contributed by atoms with van der Waals surface area (Å²) in [5.41, 5.74) is 16.3. The number of guanidine groups is 1. The standard InChI is InChI=1S/C38H64N12O16/c1-15(2)27(48-23(51)14-43-31(59)19(39)11-24(52)53)34(62)45-20(9-8-10-42-38(40)41)32(60)50-29(17(5)6)35(63)46-21(12-25(54)55)33(61)44-18(7)30(58)49-28(16(3)4)36(64)47-22(37(65)66)13-26(56)57/h15-22,27-29H,8-14,39H2,1-7H3,(H,43,59)(H,44,61)(H,45,62)(H,46,63)(H,47,64)(H,48,51)(H,49,58)(H,50,60)(H,52,53)(H,54,55)(H,56,57)(H,65,66)(H4,40,41,42)/t18-,19-,20-,21-,22-,27-,28-,29-/m0/s1. The molecule has 0 fully saturated rings. The summed E-state index contributed by atoms with van der Waals surface area (Å²) >= 11 is 0. The number of hydrogen-bond acceptors (Lipinski definition) is 14. The van der Waals surface area contributed by atoms with E-state index in [0.717, 1.165) is 6.92 Å². The maximum absolute atomic E-state index is 13.8. The highest BCUT2D eigenvalue weighted by Gasteiger charge is 2.36. The molecule has 0 aromatic heterocycles. The molecule has 0 unspecified atom stereocenters. The van der Waals surface area contributed by atoms with Gasteiger partial charge in [0, 0.05) is 6.54 Å². The summed E-state index contributed by atoms with van der Waals surface area (Å²) in [6.07, 6.45) is -2.74. The lowest BCUT2D eigenvalue weighted by Gasteiger charge is -2.29. The van der Waals surface area contributed by atoms with E-state index in [4.69, 9.17) is 27.4 Å². The quantitative estimate of drug-likeness (QED) is 0.0181. The highest BCUT2D eigenvalue weighted by atomic mass is 16.4. The molecule has 0 saturated heterocycles. The van der Waals surface area contributed by atoms with Crippen LogP contribution in [0, 0.1) is 17.8 Å². The number of nitrogens with two attached hydrogens (primary N) is 3. The van der Waals surface area contributed by atoms with Crippen LogP contribution in [0.2, 0.25) is 0 Å². The van der Waals surface area contributed by atoms with Gasteiger partial charge in [-0.25, -0.2) is 4.79 Å². The second-order valence-corrected chi connectivity index (χ2v) is 16.1. The molecule has 0 bridgehead atoms. The molecule has 0 saturated carbocycles. The van der Waals surface area contributed by atoms with Gasteiger partial charge >= 0.3 is 23.9 Å². The normalized spacial score (nSPS) is 14.6. The predicted octanol–water partition coefficient (Wildman–Crippen LogP) is -5.63. The highest BCUT2D eigenvalue weighted by Crippen LogP contribution is 2.10. The molecule has 66 heavy (non-hydrogen) atoms. The van der Waals surface area contributed by atoms with Crippen molar-refractivity contribution in [2.24, 2.45) is 39.9 Å². The summed E-state index contributed by atoms with van der Waals surface area (Å²) in [7, 11) is 0. The Hall–Kier alpha value is -7.13. The fourth-order valence-electron chi connectivity index (χ4n) is 5.64. The van der Waals surface area contributed by atoms with Crippen molar-refractivity contribution in [2.45, 2.75) is 129 Å². The third kappa shape index (κ3) is 22.5. The van der Waals surface area contributed by atoms with Crippen molar-refractivity contribution in [2.75, 3.05) is 13.1 Å². The number of nitrogens with one attached hydrogen (secondary N) is 8. The summed E-state index contributed by atoms with van der Waals surface area (Å²) in [4.78, 5) is 154. The first kappa shape index (κ1) is 58.9. The van der Waals surface area contributed by atoms with Crippen molar-refractivity contribution in [3.8, 4) is 0 Å². The molecule has 0 aliphatic carbocycles. The number of aliphatic carboxylic acids is 4. The molecule has 0 rings (SSSR count). The monoisotopic (exact) mass is 944 g/mol. The van der Waals surface area contributed by atoms with E-state index in [1.807, 2.05) is 5.32 Å². The zero-order valence-corrected chi connectivity index (χ0v) is 37.7. The first-order valence-electron chi connectivity index (χ1n) is 20.6. The van der Waals surface area contributed by atoms with Crippen LogP contribution in [0.5, 0.6) is 0 Å². The van der Waals surface area contributed by atoms with Crippen LogP contribution < -0.4 is 59.7 Å². The summed E-state index contributed by atoms with van der Waals surface area (Å²) in [6, 6.07) is -12.3. The molecule has 0 aromatic rings. The SMILES string of the molecule is CC(C)[C@H](NC(=O)CNC(=O)[C@@H](N)CC(=O)O)C(=O)N[C@@H](CCCN=C(N)N)C(=O)N[C@H](C(=O)N[C@@H](CC(=O)O)C(=O)N[C@@H](C)C(=O)N[C@H](C(=O)N[C@@H](CC(=O)O)C(=O)O)C(C)C)C(C)C. The van der Waals surface area contributed by atoms with Crippen LogP contribution in [0.3, 0.4) is 0 Å². The van der Waals surface area contributed by atoms with Gasteiger partial charge in [0.15, 0.2) is 5.96 Å². The second kappa shape index (κ2) is 28.6. The fourth-order valence-corrected chi connectivity index (χ4v) is 5.64. The Morgan fingerprint density at radius 3 is 1.33 bits per heavy atom. The van der Waals surface area contributed by atoms with Gasteiger partial charge in [-0.15, -0.1) is 0 Å². The van der Waals surface area contributed by atoms with Crippen LogP contribution in [-0.2, 0) is 57.5 Å². The number of nitrogens with zero attached hydrogens (tertiary/aromatic N) is 1. The van der Waals surface area contributed by atoms with Crippen molar-refractivity contribution in [3.05, 3.63) is 0 Å². The van der Waals surface area contributed by atoms with Gasteiger partial charge in [-0.2, -0.15) is 0 Å². The van der Waals surface area contributed by atoms with Crippen LogP contribution in [-0.4, -0.2) is 159 Å². The van der Waals surface area contributed by atoms with E-state index in [2.05, 4.69) is 42.2 Å². The van der Waals surface area contributed by atoms with Gasteiger partial charge in [-0.3, -0.25) is 57.7 Å². The van der Waals surface area contributed by atoms with E-state index >= 15 is 0 Å². The van der Waals surface area contributed by atoms with E-state index < -0.39 is 163 Å². The van der Waals surface area contributed by atoms with Gasteiger partial charge in [-0.1, -0.05) is 41.5 Å². The molecule has 8 amide bonds. The van der Waals surface area contributed by atoms with Gasteiger partial charge < -0.3 is 80.2 Å². The molecule has 18 N–H and O–H groups in total. The van der Waals surface area contributed by atoms with Crippen molar-refractivity contribution in [1.82, 2.24) is 42.5 Å². The predicted molar refractivity (Wildman–Crippen MR) is 229 cm³/mol. The van der Waals surface area contributed by atoms with E-state index in [0.29, 0.717) is 0 Å². The van der Waals surface area contributed by atoms with Gasteiger partial charge in [0.05, 0.1) is 31.8 Å². The molecule has 372 valence electrons. The molecular formula is C38H64N12O16. The molecule has 0 aliphatic heterocycles. The van der Waals surface area contributed by atoms with Crippen LogP contribution in [0.4, 0.5) is 0 Å². The molecule has 0 heterocycles. The number of carbonyl (C=O) groups is 12. The van der Waals surface area contributed by atoms with Crippen LogP contribution in [0.15, 0.2) is 4.99 Å². The summed E-state index contributed by atoms with van der Waals surface area (Å²) < 4.78 is 0. The Balaban J connectivity index is 6.23. The topological polar surface area (TPSA) is 472 Å². The second-order valence-electron chi connectivity index (χ2n) is 16.1. The molecule has 28 heteroatoms.